The highest BCUT2D eigenvalue weighted by molar-refractivity contribution is 5.77. The molecule has 0 aliphatic carbocycles. The van der Waals surface area contributed by atoms with Crippen molar-refractivity contribution in [2.75, 3.05) is 19.6 Å². The predicted octanol–water partition coefficient (Wildman–Crippen LogP) is 0.850. The second-order valence-electron chi connectivity index (χ2n) is 4.62. The first-order chi connectivity index (χ1) is 8.73. The highest BCUT2D eigenvalue weighted by Gasteiger charge is 2.35. The van der Waals surface area contributed by atoms with Crippen LogP contribution in [0.25, 0.3) is 0 Å². The molecule has 2 N–H and O–H groups in total. The number of rotatable bonds is 4. The maximum atomic E-state index is 12.1. The molecule has 0 saturated carbocycles. The van der Waals surface area contributed by atoms with Gasteiger partial charge in [0.25, 0.3) is 0 Å². The summed E-state index contributed by atoms with van der Waals surface area (Å²) in [4.78, 5) is 23.9. The number of hydrogen-bond donors (Lipinski definition) is 2. The van der Waals surface area contributed by atoms with E-state index in [1.807, 2.05) is 0 Å². The lowest BCUT2D eigenvalue weighted by molar-refractivity contribution is -0.147. The summed E-state index contributed by atoms with van der Waals surface area (Å²) in [7, 11) is 0. The van der Waals surface area contributed by atoms with E-state index in [9.17, 15) is 22.8 Å². The lowest BCUT2D eigenvalue weighted by atomic mass is 9.94. The van der Waals surface area contributed by atoms with Crippen molar-refractivity contribution in [3.05, 3.63) is 0 Å². The third kappa shape index (κ3) is 5.06. The number of piperidine rings is 1. The van der Waals surface area contributed by atoms with Crippen molar-refractivity contribution in [2.24, 2.45) is 5.92 Å². The summed E-state index contributed by atoms with van der Waals surface area (Å²) >= 11 is 0. The molecule has 1 amide bonds. The molecule has 1 saturated heterocycles. The van der Waals surface area contributed by atoms with E-state index in [0.717, 1.165) is 0 Å². The van der Waals surface area contributed by atoms with E-state index >= 15 is 0 Å². The van der Waals surface area contributed by atoms with Crippen LogP contribution in [0.15, 0.2) is 0 Å². The lowest BCUT2D eigenvalue weighted by Gasteiger charge is -2.36. The lowest BCUT2D eigenvalue weighted by Crippen LogP contribution is -2.54. The van der Waals surface area contributed by atoms with Crippen LogP contribution in [0.2, 0.25) is 0 Å². The van der Waals surface area contributed by atoms with Gasteiger partial charge in [0.15, 0.2) is 0 Å². The Bertz CT molecular complexity index is 347. The number of alkyl halides is 3. The molecule has 2 unspecified atom stereocenters. The molecule has 0 aromatic rings. The van der Waals surface area contributed by atoms with Crippen molar-refractivity contribution in [1.29, 1.82) is 0 Å². The number of aliphatic carboxylic acids is 1. The Morgan fingerprint density at radius 3 is 2.47 bits per heavy atom. The minimum absolute atomic E-state index is 0.0617. The van der Waals surface area contributed by atoms with E-state index in [0.29, 0.717) is 0 Å². The number of carbonyl (C=O) groups is 2. The van der Waals surface area contributed by atoms with Crippen LogP contribution in [0, 0.1) is 5.92 Å². The Balaban J connectivity index is 2.65. The molecule has 0 aromatic heterocycles. The normalized spacial score (nSPS) is 24.3. The van der Waals surface area contributed by atoms with E-state index in [-0.39, 0.29) is 31.8 Å². The van der Waals surface area contributed by atoms with Crippen LogP contribution in [0.1, 0.15) is 19.8 Å². The molecule has 2 atom stereocenters. The van der Waals surface area contributed by atoms with Crippen molar-refractivity contribution >= 4 is 11.9 Å². The highest BCUT2D eigenvalue weighted by Crippen LogP contribution is 2.20. The van der Waals surface area contributed by atoms with E-state index in [1.54, 1.807) is 6.92 Å². The topological polar surface area (TPSA) is 69.6 Å². The molecule has 5 nitrogen and oxygen atoms in total. The third-order valence-corrected chi connectivity index (χ3v) is 3.05. The minimum atomic E-state index is -4.35. The van der Waals surface area contributed by atoms with Crippen molar-refractivity contribution in [3.63, 3.8) is 0 Å². The molecular weight excluding hydrogens is 265 g/mol. The molecule has 1 aliphatic rings. The second kappa shape index (κ2) is 6.23. The third-order valence-electron chi connectivity index (χ3n) is 3.05. The van der Waals surface area contributed by atoms with Crippen LogP contribution < -0.4 is 5.32 Å². The van der Waals surface area contributed by atoms with Crippen molar-refractivity contribution < 1.29 is 27.9 Å². The quantitative estimate of drug-likeness (QED) is 0.802. The van der Waals surface area contributed by atoms with Gasteiger partial charge in [0.2, 0.25) is 5.91 Å². The zero-order chi connectivity index (χ0) is 14.6. The maximum Gasteiger partial charge on any atom is 0.401 e. The standard InChI is InChI=1S/C11H17F3N2O3/c1-2-9(17)16-4-7(10(18)19)3-8(5-16)15-6-11(12,13)14/h7-8,15H,2-6H2,1H3,(H,18,19). The van der Waals surface area contributed by atoms with Gasteiger partial charge in [0, 0.05) is 25.6 Å². The van der Waals surface area contributed by atoms with Gasteiger partial charge in [-0.2, -0.15) is 13.2 Å². The molecule has 0 radical (unpaired) electrons. The van der Waals surface area contributed by atoms with E-state index < -0.39 is 30.7 Å². The van der Waals surface area contributed by atoms with Crippen molar-refractivity contribution in [1.82, 2.24) is 10.2 Å². The highest BCUT2D eigenvalue weighted by atomic mass is 19.4. The summed E-state index contributed by atoms with van der Waals surface area (Å²) in [5.74, 6) is -2.16. The summed E-state index contributed by atoms with van der Waals surface area (Å²) in [5, 5.41) is 11.2. The van der Waals surface area contributed by atoms with Crippen LogP contribution in [-0.4, -0.2) is 53.7 Å². The molecule has 0 aromatic carbocycles. The van der Waals surface area contributed by atoms with Crippen molar-refractivity contribution in [3.8, 4) is 0 Å². The average molecular weight is 282 g/mol. The monoisotopic (exact) mass is 282 g/mol. The molecule has 8 heteroatoms. The van der Waals surface area contributed by atoms with Gasteiger partial charge in [0.05, 0.1) is 12.5 Å². The zero-order valence-electron chi connectivity index (χ0n) is 10.5. The molecular formula is C11H17F3N2O3. The summed E-state index contributed by atoms with van der Waals surface area (Å²) in [6.45, 7) is 0.627. The smallest absolute Gasteiger partial charge is 0.401 e. The number of hydrogen-bond acceptors (Lipinski definition) is 3. The zero-order valence-corrected chi connectivity index (χ0v) is 10.5. The number of halogens is 3. The fraction of sp³-hybridized carbons (Fsp3) is 0.818. The van der Waals surface area contributed by atoms with Crippen molar-refractivity contribution in [2.45, 2.75) is 32.0 Å². The van der Waals surface area contributed by atoms with Crippen LogP contribution in [0.4, 0.5) is 13.2 Å². The number of carboxylic acid groups (broad SMARTS) is 1. The molecule has 1 fully saturated rings. The number of amides is 1. The first-order valence-corrected chi connectivity index (χ1v) is 6.03. The molecule has 1 rings (SSSR count). The van der Waals surface area contributed by atoms with E-state index in [4.69, 9.17) is 5.11 Å². The van der Waals surface area contributed by atoms with Gasteiger partial charge in [-0.15, -0.1) is 0 Å². The summed E-state index contributed by atoms with van der Waals surface area (Å²) in [6.07, 6.45) is -4.05. The van der Waals surface area contributed by atoms with Crippen LogP contribution >= 0.6 is 0 Å². The van der Waals surface area contributed by atoms with Gasteiger partial charge >= 0.3 is 12.1 Å². The van der Waals surface area contributed by atoms with Gasteiger partial charge < -0.3 is 15.3 Å². The summed E-state index contributed by atoms with van der Waals surface area (Å²) < 4.78 is 36.4. The Hall–Kier alpha value is -1.31. The van der Waals surface area contributed by atoms with Crippen LogP contribution in [0.5, 0.6) is 0 Å². The predicted molar refractivity (Wildman–Crippen MR) is 60.5 cm³/mol. The van der Waals surface area contributed by atoms with Gasteiger partial charge in [-0.05, 0) is 6.42 Å². The number of carboxylic acids is 1. The molecule has 0 spiro atoms. The number of likely N-dealkylation sites (tertiary alicyclic amines) is 1. The van der Waals surface area contributed by atoms with Gasteiger partial charge in [-0.3, -0.25) is 9.59 Å². The molecule has 1 aliphatic heterocycles. The van der Waals surface area contributed by atoms with Gasteiger partial charge in [-0.25, -0.2) is 0 Å². The maximum absolute atomic E-state index is 12.1. The Morgan fingerprint density at radius 2 is 2.00 bits per heavy atom. The fourth-order valence-corrected chi connectivity index (χ4v) is 2.11. The fourth-order valence-electron chi connectivity index (χ4n) is 2.11. The number of nitrogens with one attached hydrogen (secondary N) is 1. The summed E-state index contributed by atoms with van der Waals surface area (Å²) in [6, 6.07) is -0.646. The largest absolute Gasteiger partial charge is 0.481 e. The Kier molecular flexibility index (Phi) is 5.16. The summed E-state index contributed by atoms with van der Waals surface area (Å²) in [5.41, 5.74) is 0. The SMILES string of the molecule is CCC(=O)N1CC(NCC(F)(F)F)CC(C(=O)O)C1. The Morgan fingerprint density at radius 1 is 1.37 bits per heavy atom. The minimum Gasteiger partial charge on any atom is -0.481 e. The first kappa shape index (κ1) is 15.7. The Labute approximate surface area is 108 Å². The first-order valence-electron chi connectivity index (χ1n) is 6.03. The van der Waals surface area contributed by atoms with E-state index in [2.05, 4.69) is 5.32 Å². The number of nitrogens with zero attached hydrogens (tertiary/aromatic N) is 1. The second-order valence-corrected chi connectivity index (χ2v) is 4.62. The van der Waals surface area contributed by atoms with Crippen LogP contribution in [0.3, 0.4) is 0 Å². The molecule has 1 heterocycles. The molecule has 110 valence electrons. The van der Waals surface area contributed by atoms with Gasteiger partial charge in [-0.1, -0.05) is 6.92 Å². The van der Waals surface area contributed by atoms with E-state index in [1.165, 1.54) is 4.90 Å². The molecule has 19 heavy (non-hydrogen) atoms. The van der Waals surface area contributed by atoms with Crippen LogP contribution in [-0.2, 0) is 9.59 Å². The van der Waals surface area contributed by atoms with Gasteiger partial charge in [0.1, 0.15) is 0 Å². The molecule has 0 bridgehead atoms. The average Bonchev–Trinajstić information content (AvgIpc) is 2.34. The number of carbonyl (C=O) groups excluding carboxylic acids is 1.